The van der Waals surface area contributed by atoms with Gasteiger partial charge in [-0.25, -0.2) is 4.79 Å². The predicted octanol–water partition coefficient (Wildman–Crippen LogP) is 7.28. The minimum Gasteiger partial charge on any atom is -0.507 e. The highest BCUT2D eigenvalue weighted by Gasteiger charge is 2.31. The maximum absolute atomic E-state index is 13.2. The second-order valence-corrected chi connectivity index (χ2v) is 9.34. The van der Waals surface area contributed by atoms with Crippen LogP contribution in [0, 0.1) is 0 Å². The Morgan fingerprint density at radius 3 is 1.86 bits per heavy atom. The molecule has 0 fully saturated rings. The summed E-state index contributed by atoms with van der Waals surface area (Å²) in [7, 11) is 1.13. The van der Waals surface area contributed by atoms with E-state index < -0.39 is 47.1 Å². The number of phenolic OH excluding ortho intramolecular Hbond substituents is 1. The summed E-state index contributed by atoms with van der Waals surface area (Å²) in [6, 6.07) is 18.2. The summed E-state index contributed by atoms with van der Waals surface area (Å²) in [5.74, 6) is -2.10. The number of esters is 1. The molecule has 0 unspecified atom stereocenters. The van der Waals surface area contributed by atoms with Crippen molar-refractivity contribution in [3.8, 4) is 28.0 Å². The number of nitrogens with one attached hydrogen (secondary N) is 1. The first kappa shape index (κ1) is 30.2. The molecule has 0 aromatic heterocycles. The second-order valence-electron chi connectivity index (χ2n) is 9.34. The van der Waals surface area contributed by atoms with Crippen LogP contribution < -0.4 is 5.32 Å². The summed E-state index contributed by atoms with van der Waals surface area (Å²) >= 11 is 0. The molecule has 4 aromatic rings. The van der Waals surface area contributed by atoms with E-state index in [2.05, 4.69) is 5.32 Å². The average Bonchev–Trinajstić information content (AvgIpc) is 2.96. The average molecular weight is 588 g/mol. The number of phenols is 1. The fraction of sp³-hybridized carbons (Fsp3) is 0.161. The summed E-state index contributed by atoms with van der Waals surface area (Å²) < 4.78 is 82.8. The number of methoxy groups -OCH3 is 1. The number of hydrogen-bond donors (Lipinski definition) is 2. The number of aromatic hydroxyl groups is 1. The lowest BCUT2D eigenvalue weighted by Gasteiger charge is -2.18. The van der Waals surface area contributed by atoms with Gasteiger partial charge in [-0.2, -0.15) is 26.3 Å². The number of carbonyl (C=O) groups excluding carboxylic acids is 2. The Bertz CT molecular complexity index is 1580. The summed E-state index contributed by atoms with van der Waals surface area (Å²) in [5.41, 5.74) is 0.236. The van der Waals surface area contributed by atoms with E-state index in [4.69, 9.17) is 4.74 Å². The Labute approximate surface area is 236 Å². The van der Waals surface area contributed by atoms with E-state index in [0.717, 1.165) is 37.4 Å². The van der Waals surface area contributed by atoms with Crippen LogP contribution in [0.4, 0.5) is 26.3 Å². The second kappa shape index (κ2) is 12.0. The highest BCUT2D eigenvalue weighted by Crippen LogP contribution is 2.34. The molecule has 218 valence electrons. The summed E-state index contributed by atoms with van der Waals surface area (Å²) in [5, 5.41) is 12.8. The first-order chi connectivity index (χ1) is 19.8. The summed E-state index contributed by atoms with van der Waals surface area (Å²) in [4.78, 5) is 25.6. The van der Waals surface area contributed by atoms with E-state index in [1.54, 1.807) is 24.3 Å². The number of hydrogen-bond acceptors (Lipinski definition) is 4. The van der Waals surface area contributed by atoms with Crippen LogP contribution >= 0.6 is 0 Å². The first-order valence-electron chi connectivity index (χ1n) is 12.4. The third-order valence-electron chi connectivity index (χ3n) is 6.49. The van der Waals surface area contributed by atoms with Crippen LogP contribution in [0.2, 0.25) is 0 Å². The van der Waals surface area contributed by atoms with Gasteiger partial charge in [-0.05, 0) is 64.2 Å². The van der Waals surface area contributed by atoms with Crippen molar-refractivity contribution < 1.29 is 45.8 Å². The molecular weight excluding hydrogens is 564 g/mol. The maximum atomic E-state index is 13.2. The minimum atomic E-state index is -4.57. The molecule has 2 N–H and O–H groups in total. The van der Waals surface area contributed by atoms with E-state index in [9.17, 15) is 41.0 Å². The van der Waals surface area contributed by atoms with Crippen molar-refractivity contribution in [2.24, 2.45) is 0 Å². The van der Waals surface area contributed by atoms with E-state index in [1.807, 2.05) is 0 Å². The zero-order chi connectivity index (χ0) is 30.7. The van der Waals surface area contributed by atoms with Gasteiger partial charge in [0.2, 0.25) is 0 Å². The molecule has 0 radical (unpaired) electrons. The van der Waals surface area contributed by atoms with Gasteiger partial charge in [0.15, 0.2) is 0 Å². The molecule has 1 atom stereocenters. The van der Waals surface area contributed by atoms with Gasteiger partial charge in [0.05, 0.1) is 23.8 Å². The Morgan fingerprint density at radius 1 is 0.738 bits per heavy atom. The molecule has 0 saturated heterocycles. The lowest BCUT2D eigenvalue weighted by atomic mass is 9.98. The molecule has 0 aliphatic rings. The molecule has 0 heterocycles. The van der Waals surface area contributed by atoms with E-state index in [1.165, 1.54) is 36.4 Å². The molecule has 0 aliphatic carbocycles. The SMILES string of the molecule is COC(=O)[C@H](Cc1ccc(-c2ccc(C(F)(F)F)cc2)cc1)NC(=O)c1cc(-c2cccc(C(F)(F)F)c2)ccc1O. The van der Waals surface area contributed by atoms with E-state index in [-0.39, 0.29) is 23.1 Å². The summed E-state index contributed by atoms with van der Waals surface area (Å²) in [6.45, 7) is 0. The van der Waals surface area contributed by atoms with Crippen molar-refractivity contribution >= 4 is 11.9 Å². The number of rotatable bonds is 7. The molecule has 0 saturated carbocycles. The van der Waals surface area contributed by atoms with Gasteiger partial charge < -0.3 is 15.2 Å². The van der Waals surface area contributed by atoms with E-state index in [0.29, 0.717) is 16.7 Å². The topological polar surface area (TPSA) is 75.6 Å². The standard InChI is InChI=1S/C31H23F6NO4/c1-42-29(41)26(15-18-5-7-19(8-6-18)20-9-12-23(13-10-20)30(32,33)34)38-28(40)25-17-22(11-14-27(25)39)21-3-2-4-24(16-21)31(35,36)37/h2-14,16-17,26,39H,15H2,1H3,(H,38,40)/t26-/m0/s1. The number of ether oxygens (including phenoxy) is 1. The highest BCUT2D eigenvalue weighted by molar-refractivity contribution is 6.00. The van der Waals surface area contributed by atoms with Crippen LogP contribution in [0.25, 0.3) is 22.3 Å². The molecule has 42 heavy (non-hydrogen) atoms. The molecule has 4 aromatic carbocycles. The van der Waals surface area contributed by atoms with Crippen LogP contribution in [0.5, 0.6) is 5.75 Å². The molecule has 11 heteroatoms. The van der Waals surface area contributed by atoms with Crippen molar-refractivity contribution in [3.63, 3.8) is 0 Å². The quantitative estimate of drug-likeness (QED) is 0.176. The first-order valence-corrected chi connectivity index (χ1v) is 12.4. The molecule has 1 amide bonds. The number of alkyl halides is 6. The number of benzene rings is 4. The Kier molecular flexibility index (Phi) is 8.60. The van der Waals surface area contributed by atoms with Crippen molar-refractivity contribution in [2.75, 3.05) is 7.11 Å². The van der Waals surface area contributed by atoms with Gasteiger partial charge in [-0.1, -0.05) is 54.6 Å². The lowest BCUT2D eigenvalue weighted by molar-refractivity contribution is -0.143. The van der Waals surface area contributed by atoms with Crippen molar-refractivity contribution in [3.05, 3.63) is 113 Å². The van der Waals surface area contributed by atoms with Gasteiger partial charge in [-0.3, -0.25) is 4.79 Å². The number of halogens is 6. The number of amides is 1. The fourth-order valence-corrected chi connectivity index (χ4v) is 4.26. The molecule has 0 aliphatic heterocycles. The predicted molar refractivity (Wildman–Crippen MR) is 142 cm³/mol. The van der Waals surface area contributed by atoms with Crippen LogP contribution in [-0.2, 0) is 28.3 Å². The third kappa shape index (κ3) is 7.09. The molecule has 4 rings (SSSR count). The zero-order valence-electron chi connectivity index (χ0n) is 21.9. The van der Waals surface area contributed by atoms with Crippen LogP contribution in [0.15, 0.2) is 91.0 Å². The maximum Gasteiger partial charge on any atom is 0.416 e. The Hall–Kier alpha value is -4.80. The molecule has 0 spiro atoms. The Balaban J connectivity index is 1.52. The van der Waals surface area contributed by atoms with E-state index >= 15 is 0 Å². The Morgan fingerprint density at radius 2 is 1.29 bits per heavy atom. The van der Waals surface area contributed by atoms with Crippen molar-refractivity contribution in [1.82, 2.24) is 5.32 Å². The molecule has 0 bridgehead atoms. The summed E-state index contributed by atoms with van der Waals surface area (Å²) in [6.07, 6.45) is -9.05. The normalized spacial score (nSPS) is 12.5. The van der Waals surface area contributed by atoms with Gasteiger partial charge in [0, 0.05) is 6.42 Å². The van der Waals surface area contributed by atoms with Crippen LogP contribution in [0.3, 0.4) is 0 Å². The largest absolute Gasteiger partial charge is 0.507 e. The van der Waals surface area contributed by atoms with Crippen LogP contribution in [-0.4, -0.2) is 30.1 Å². The van der Waals surface area contributed by atoms with Crippen molar-refractivity contribution in [2.45, 2.75) is 24.8 Å². The third-order valence-corrected chi connectivity index (χ3v) is 6.49. The molecule has 5 nitrogen and oxygen atoms in total. The fourth-order valence-electron chi connectivity index (χ4n) is 4.26. The van der Waals surface area contributed by atoms with Crippen LogP contribution in [0.1, 0.15) is 27.0 Å². The minimum absolute atomic E-state index is 0.0280. The van der Waals surface area contributed by atoms with Crippen molar-refractivity contribution in [1.29, 1.82) is 0 Å². The number of carbonyl (C=O) groups is 2. The smallest absolute Gasteiger partial charge is 0.416 e. The van der Waals surface area contributed by atoms with Gasteiger partial charge in [0.25, 0.3) is 5.91 Å². The highest BCUT2D eigenvalue weighted by atomic mass is 19.4. The molecular formula is C31H23F6NO4. The lowest BCUT2D eigenvalue weighted by Crippen LogP contribution is -2.43. The van der Waals surface area contributed by atoms with Gasteiger partial charge in [0.1, 0.15) is 11.8 Å². The zero-order valence-corrected chi connectivity index (χ0v) is 21.9. The van der Waals surface area contributed by atoms with Gasteiger partial charge in [-0.15, -0.1) is 0 Å². The monoisotopic (exact) mass is 587 g/mol. The van der Waals surface area contributed by atoms with Gasteiger partial charge >= 0.3 is 18.3 Å².